The van der Waals surface area contributed by atoms with Crippen LogP contribution in [0.1, 0.15) is 56.8 Å². The second-order valence-corrected chi connectivity index (χ2v) is 10.3. The SMILES string of the molecule is CC(C)(C)CC(NC(=O)O)C(=O)N1CCN(CCCOc2ccc(C(=O)C3CC3)cc2)CC1. The topological polar surface area (TPSA) is 99.2 Å². The normalized spacial score (nSPS) is 18.0. The molecule has 2 fully saturated rings. The summed E-state index contributed by atoms with van der Waals surface area (Å²) in [5, 5.41) is 11.5. The Balaban J connectivity index is 1.36. The quantitative estimate of drug-likeness (QED) is 0.412. The zero-order chi connectivity index (χ0) is 24.0. The number of nitrogens with one attached hydrogen (secondary N) is 1. The Morgan fingerprint density at radius 2 is 1.73 bits per heavy atom. The minimum Gasteiger partial charge on any atom is -0.494 e. The van der Waals surface area contributed by atoms with Gasteiger partial charge in [0.1, 0.15) is 11.8 Å². The fraction of sp³-hybridized carbons (Fsp3) is 0.640. The van der Waals surface area contributed by atoms with E-state index in [1.54, 1.807) is 4.90 Å². The van der Waals surface area contributed by atoms with Gasteiger partial charge in [0.15, 0.2) is 5.78 Å². The Morgan fingerprint density at radius 1 is 1.09 bits per heavy atom. The molecule has 0 aromatic heterocycles. The minimum absolute atomic E-state index is 0.140. The van der Waals surface area contributed by atoms with E-state index in [2.05, 4.69) is 10.2 Å². The van der Waals surface area contributed by atoms with Gasteiger partial charge in [-0.3, -0.25) is 14.5 Å². The third kappa shape index (κ3) is 8.03. The van der Waals surface area contributed by atoms with Crippen molar-refractivity contribution in [1.82, 2.24) is 15.1 Å². The summed E-state index contributed by atoms with van der Waals surface area (Å²) < 4.78 is 5.82. The Bertz CT molecular complexity index is 821. The predicted molar refractivity (Wildman–Crippen MR) is 126 cm³/mol. The molecule has 1 saturated carbocycles. The van der Waals surface area contributed by atoms with Gasteiger partial charge in [-0.1, -0.05) is 20.8 Å². The van der Waals surface area contributed by atoms with E-state index in [0.29, 0.717) is 26.1 Å². The molecular formula is C25H37N3O5. The van der Waals surface area contributed by atoms with Crippen LogP contribution in [0, 0.1) is 11.3 Å². The third-order valence-electron chi connectivity index (χ3n) is 6.07. The fourth-order valence-corrected chi connectivity index (χ4v) is 4.15. The van der Waals surface area contributed by atoms with Gasteiger partial charge in [-0.15, -0.1) is 0 Å². The summed E-state index contributed by atoms with van der Waals surface area (Å²) in [5.74, 6) is 1.10. The third-order valence-corrected chi connectivity index (χ3v) is 6.07. The van der Waals surface area contributed by atoms with Crippen LogP contribution in [0.25, 0.3) is 0 Å². The molecule has 0 bridgehead atoms. The van der Waals surface area contributed by atoms with Gasteiger partial charge in [0, 0.05) is 44.2 Å². The summed E-state index contributed by atoms with van der Waals surface area (Å²) in [5.41, 5.74) is 0.609. The van der Waals surface area contributed by atoms with Crippen LogP contribution in [0.15, 0.2) is 24.3 Å². The standard InChI is InChI=1S/C25H37N3O5/c1-25(2,3)17-21(26-24(31)32)23(30)28-14-12-27(13-15-28)11-4-16-33-20-9-7-19(8-10-20)22(29)18-5-6-18/h7-10,18,21,26H,4-6,11-17H2,1-3H3,(H,31,32). The number of ether oxygens (including phenoxy) is 1. The molecule has 1 unspecified atom stereocenters. The van der Waals surface area contributed by atoms with Crippen LogP contribution in [0.3, 0.4) is 0 Å². The smallest absolute Gasteiger partial charge is 0.405 e. The van der Waals surface area contributed by atoms with E-state index >= 15 is 0 Å². The van der Waals surface area contributed by atoms with Crippen LogP contribution in [0.2, 0.25) is 0 Å². The van der Waals surface area contributed by atoms with E-state index in [1.807, 2.05) is 45.0 Å². The maximum absolute atomic E-state index is 12.9. The van der Waals surface area contributed by atoms with Gasteiger partial charge in [-0.25, -0.2) is 4.79 Å². The number of Topliss-reactive ketones (excluding diaryl/α,β-unsaturated/α-hetero) is 1. The van der Waals surface area contributed by atoms with Crippen LogP contribution in [-0.4, -0.2) is 78.1 Å². The summed E-state index contributed by atoms with van der Waals surface area (Å²) in [4.78, 5) is 40.2. The van der Waals surface area contributed by atoms with Crippen LogP contribution < -0.4 is 10.1 Å². The first-order valence-electron chi connectivity index (χ1n) is 11.9. The largest absolute Gasteiger partial charge is 0.494 e. The van der Waals surface area contributed by atoms with E-state index in [4.69, 9.17) is 9.84 Å². The monoisotopic (exact) mass is 459 g/mol. The predicted octanol–water partition coefficient (Wildman–Crippen LogP) is 3.26. The van der Waals surface area contributed by atoms with E-state index in [9.17, 15) is 14.4 Å². The second-order valence-electron chi connectivity index (χ2n) is 10.3. The average molecular weight is 460 g/mol. The van der Waals surface area contributed by atoms with Crippen molar-refractivity contribution in [2.45, 2.75) is 52.5 Å². The molecule has 1 aromatic carbocycles. The molecule has 8 nitrogen and oxygen atoms in total. The van der Waals surface area contributed by atoms with E-state index < -0.39 is 12.1 Å². The first-order valence-corrected chi connectivity index (χ1v) is 11.9. The van der Waals surface area contributed by atoms with Gasteiger partial charge < -0.3 is 20.1 Å². The molecule has 0 radical (unpaired) electrons. The van der Waals surface area contributed by atoms with E-state index in [0.717, 1.165) is 50.2 Å². The molecule has 1 heterocycles. The Morgan fingerprint density at radius 3 is 2.27 bits per heavy atom. The fourth-order valence-electron chi connectivity index (χ4n) is 4.15. The minimum atomic E-state index is -1.17. The molecule has 1 atom stereocenters. The van der Waals surface area contributed by atoms with Gasteiger partial charge in [0.05, 0.1) is 6.61 Å². The lowest BCUT2D eigenvalue weighted by Crippen LogP contribution is -2.55. The molecule has 33 heavy (non-hydrogen) atoms. The van der Waals surface area contributed by atoms with E-state index in [1.165, 1.54) is 0 Å². The molecule has 0 spiro atoms. The molecule has 1 aliphatic heterocycles. The highest BCUT2D eigenvalue weighted by atomic mass is 16.5. The van der Waals surface area contributed by atoms with Gasteiger partial charge in [0.25, 0.3) is 0 Å². The first kappa shape index (κ1) is 25.0. The van der Waals surface area contributed by atoms with Crippen molar-refractivity contribution < 1.29 is 24.2 Å². The maximum Gasteiger partial charge on any atom is 0.405 e. The zero-order valence-electron chi connectivity index (χ0n) is 20.0. The van der Waals surface area contributed by atoms with Crippen LogP contribution >= 0.6 is 0 Å². The lowest BCUT2D eigenvalue weighted by atomic mass is 9.87. The molecule has 182 valence electrons. The molecule has 1 saturated heterocycles. The number of rotatable bonds is 10. The Labute approximate surface area is 196 Å². The number of hydrogen-bond acceptors (Lipinski definition) is 5. The van der Waals surface area contributed by atoms with Crippen molar-refractivity contribution in [3.8, 4) is 5.75 Å². The van der Waals surface area contributed by atoms with Crippen LogP contribution in [0.4, 0.5) is 4.79 Å². The number of carbonyl (C=O) groups excluding carboxylic acids is 2. The molecule has 3 rings (SSSR count). The molecule has 8 heteroatoms. The number of benzene rings is 1. The average Bonchev–Trinajstić information content (AvgIpc) is 3.60. The molecule has 1 aliphatic carbocycles. The first-order chi connectivity index (χ1) is 15.6. The van der Waals surface area contributed by atoms with Crippen LogP contribution in [-0.2, 0) is 4.79 Å². The number of carbonyl (C=O) groups is 3. The van der Waals surface area contributed by atoms with E-state index in [-0.39, 0.29) is 23.0 Å². The number of hydrogen-bond donors (Lipinski definition) is 2. The summed E-state index contributed by atoms with van der Waals surface area (Å²) >= 11 is 0. The summed E-state index contributed by atoms with van der Waals surface area (Å²) in [7, 11) is 0. The van der Waals surface area contributed by atoms with Crippen molar-refractivity contribution in [3.05, 3.63) is 29.8 Å². The maximum atomic E-state index is 12.9. The van der Waals surface area contributed by atoms with Crippen molar-refractivity contribution in [3.63, 3.8) is 0 Å². The Kier molecular flexibility index (Phi) is 8.35. The molecule has 2 N–H and O–H groups in total. The summed E-state index contributed by atoms with van der Waals surface area (Å²) in [6.07, 6.45) is 2.18. The van der Waals surface area contributed by atoms with Crippen molar-refractivity contribution in [2.75, 3.05) is 39.3 Å². The number of ketones is 1. The number of piperazine rings is 1. The van der Waals surface area contributed by atoms with Crippen molar-refractivity contribution >= 4 is 17.8 Å². The van der Waals surface area contributed by atoms with Crippen molar-refractivity contribution in [2.24, 2.45) is 11.3 Å². The highest BCUT2D eigenvalue weighted by Gasteiger charge is 2.32. The van der Waals surface area contributed by atoms with Gasteiger partial charge >= 0.3 is 6.09 Å². The highest BCUT2D eigenvalue weighted by Crippen LogP contribution is 2.32. The number of amides is 2. The lowest BCUT2D eigenvalue weighted by Gasteiger charge is -2.37. The lowest BCUT2D eigenvalue weighted by molar-refractivity contribution is -0.135. The molecule has 2 aliphatic rings. The van der Waals surface area contributed by atoms with Crippen molar-refractivity contribution in [1.29, 1.82) is 0 Å². The molecular weight excluding hydrogens is 422 g/mol. The van der Waals surface area contributed by atoms with Gasteiger partial charge in [-0.05, 0) is 55.4 Å². The zero-order valence-corrected chi connectivity index (χ0v) is 20.0. The van der Waals surface area contributed by atoms with Gasteiger partial charge in [-0.2, -0.15) is 0 Å². The summed E-state index contributed by atoms with van der Waals surface area (Å²) in [6.45, 7) is 10.2. The number of carboxylic acid groups (broad SMARTS) is 1. The summed E-state index contributed by atoms with van der Waals surface area (Å²) in [6, 6.07) is 6.70. The molecule has 2 amide bonds. The number of nitrogens with zero attached hydrogens (tertiary/aromatic N) is 2. The van der Waals surface area contributed by atoms with Crippen LogP contribution in [0.5, 0.6) is 5.75 Å². The highest BCUT2D eigenvalue weighted by molar-refractivity contribution is 5.99. The Hall–Kier alpha value is -2.61. The second kappa shape index (κ2) is 11.0. The van der Waals surface area contributed by atoms with Gasteiger partial charge in [0.2, 0.25) is 5.91 Å². The molecule has 1 aromatic rings.